The molecule has 2 heterocycles. The van der Waals surface area contributed by atoms with Crippen LogP contribution in [0.2, 0.25) is 0 Å². The van der Waals surface area contributed by atoms with E-state index in [1.807, 2.05) is 4.90 Å². The number of nitrogens with zero attached hydrogens (tertiary/aromatic N) is 3. The summed E-state index contributed by atoms with van der Waals surface area (Å²) in [4.78, 5) is 30.3. The number of hydrogen-bond donors (Lipinski definition) is 1. The summed E-state index contributed by atoms with van der Waals surface area (Å²) in [5.41, 5.74) is 0.672. The summed E-state index contributed by atoms with van der Waals surface area (Å²) in [7, 11) is 0. The smallest absolute Gasteiger partial charge is 0.321 e. The molecule has 0 spiro atoms. The normalized spacial score (nSPS) is 17.4. The van der Waals surface area contributed by atoms with Crippen molar-refractivity contribution < 1.29 is 22.8 Å². The molecule has 2 aromatic carbocycles. The standard InChI is InChI=1S/C22H23F3N4O2/c23-16-3-1-15(2-4-16)14-28-11-12-29(22(28)31)18-7-9-27(10-8-18)21(30)26-20-13-17(24)5-6-19(20)25/h1-6,13,18H,7-12,14H2,(H,26,30). The van der Waals surface area contributed by atoms with Crippen molar-refractivity contribution >= 4 is 17.7 Å². The highest BCUT2D eigenvalue weighted by molar-refractivity contribution is 5.89. The first-order valence-electron chi connectivity index (χ1n) is 10.2. The van der Waals surface area contributed by atoms with Crippen LogP contribution in [-0.2, 0) is 6.54 Å². The highest BCUT2D eigenvalue weighted by Gasteiger charge is 2.36. The number of anilines is 1. The van der Waals surface area contributed by atoms with Gasteiger partial charge < -0.3 is 20.0 Å². The van der Waals surface area contributed by atoms with Gasteiger partial charge in [-0.25, -0.2) is 22.8 Å². The third-order valence-corrected chi connectivity index (χ3v) is 5.78. The molecule has 31 heavy (non-hydrogen) atoms. The van der Waals surface area contributed by atoms with E-state index in [0.29, 0.717) is 45.6 Å². The summed E-state index contributed by atoms with van der Waals surface area (Å²) in [6.45, 7) is 2.45. The van der Waals surface area contributed by atoms with Gasteiger partial charge in [0.15, 0.2) is 0 Å². The van der Waals surface area contributed by atoms with E-state index in [1.54, 1.807) is 17.0 Å². The molecule has 0 aliphatic carbocycles. The minimum atomic E-state index is -0.700. The zero-order valence-electron chi connectivity index (χ0n) is 16.9. The Kier molecular flexibility index (Phi) is 6.01. The fraction of sp³-hybridized carbons (Fsp3) is 0.364. The molecule has 2 aliphatic heterocycles. The Balaban J connectivity index is 1.29. The van der Waals surface area contributed by atoms with Crippen LogP contribution in [0.25, 0.3) is 0 Å². The van der Waals surface area contributed by atoms with Gasteiger partial charge in [-0.2, -0.15) is 0 Å². The van der Waals surface area contributed by atoms with Crippen molar-refractivity contribution in [3.05, 3.63) is 65.5 Å². The van der Waals surface area contributed by atoms with Gasteiger partial charge in [0, 0.05) is 44.8 Å². The Morgan fingerprint density at radius 1 is 0.935 bits per heavy atom. The van der Waals surface area contributed by atoms with Crippen LogP contribution in [0, 0.1) is 17.5 Å². The van der Waals surface area contributed by atoms with Crippen LogP contribution in [0.1, 0.15) is 18.4 Å². The number of halogens is 3. The van der Waals surface area contributed by atoms with Crippen LogP contribution in [-0.4, -0.2) is 59.0 Å². The highest BCUT2D eigenvalue weighted by Crippen LogP contribution is 2.24. The maximum atomic E-state index is 13.8. The molecule has 2 saturated heterocycles. The van der Waals surface area contributed by atoms with Crippen molar-refractivity contribution in [2.45, 2.75) is 25.4 Å². The predicted octanol–water partition coefficient (Wildman–Crippen LogP) is 4.04. The van der Waals surface area contributed by atoms with Crippen LogP contribution >= 0.6 is 0 Å². The largest absolute Gasteiger partial charge is 0.324 e. The number of hydrogen-bond acceptors (Lipinski definition) is 2. The van der Waals surface area contributed by atoms with Crippen molar-refractivity contribution in [3.8, 4) is 0 Å². The molecule has 6 nitrogen and oxygen atoms in total. The first-order valence-corrected chi connectivity index (χ1v) is 10.2. The van der Waals surface area contributed by atoms with E-state index in [9.17, 15) is 22.8 Å². The molecular formula is C22H23F3N4O2. The zero-order valence-corrected chi connectivity index (χ0v) is 16.9. The highest BCUT2D eigenvalue weighted by atomic mass is 19.1. The fourth-order valence-corrected chi connectivity index (χ4v) is 4.07. The lowest BCUT2D eigenvalue weighted by molar-refractivity contribution is 0.139. The molecule has 0 saturated carbocycles. The lowest BCUT2D eigenvalue weighted by Crippen LogP contribution is -2.49. The summed E-state index contributed by atoms with van der Waals surface area (Å²) < 4.78 is 40.1. The van der Waals surface area contributed by atoms with E-state index in [-0.39, 0.29) is 23.6 Å². The molecule has 2 aliphatic rings. The number of carbonyl (C=O) groups is 2. The number of nitrogens with one attached hydrogen (secondary N) is 1. The van der Waals surface area contributed by atoms with Crippen LogP contribution in [0.5, 0.6) is 0 Å². The number of rotatable bonds is 4. The average Bonchev–Trinajstić information content (AvgIpc) is 3.12. The van der Waals surface area contributed by atoms with E-state index < -0.39 is 17.7 Å². The van der Waals surface area contributed by atoms with Gasteiger partial charge in [0.05, 0.1) is 5.69 Å². The summed E-state index contributed by atoms with van der Waals surface area (Å²) in [6.07, 6.45) is 1.21. The van der Waals surface area contributed by atoms with Gasteiger partial charge in [-0.15, -0.1) is 0 Å². The topological polar surface area (TPSA) is 55.9 Å². The van der Waals surface area contributed by atoms with Gasteiger partial charge in [-0.1, -0.05) is 12.1 Å². The van der Waals surface area contributed by atoms with Gasteiger partial charge in [0.2, 0.25) is 0 Å². The van der Waals surface area contributed by atoms with E-state index in [2.05, 4.69) is 5.32 Å². The second kappa shape index (κ2) is 8.87. The van der Waals surface area contributed by atoms with Crippen molar-refractivity contribution in [3.63, 3.8) is 0 Å². The summed E-state index contributed by atoms with van der Waals surface area (Å²) in [5, 5.41) is 2.41. The minimum absolute atomic E-state index is 0.0145. The molecule has 2 aromatic rings. The van der Waals surface area contributed by atoms with Gasteiger partial charge in [-0.3, -0.25) is 0 Å². The second-order valence-electron chi connectivity index (χ2n) is 7.80. The Labute approximate surface area is 178 Å². The SMILES string of the molecule is O=C(Nc1cc(F)ccc1F)N1CCC(N2CCN(Cc3ccc(F)cc3)C2=O)CC1. The Bertz CT molecular complexity index is 962. The first kappa shape index (κ1) is 21.0. The van der Waals surface area contributed by atoms with E-state index in [0.717, 1.165) is 23.8 Å². The quantitative estimate of drug-likeness (QED) is 0.793. The Morgan fingerprint density at radius 2 is 1.61 bits per heavy atom. The molecule has 0 aromatic heterocycles. The van der Waals surface area contributed by atoms with E-state index in [1.165, 1.54) is 17.0 Å². The molecule has 0 unspecified atom stereocenters. The third kappa shape index (κ3) is 4.76. The summed E-state index contributed by atoms with van der Waals surface area (Å²) in [6, 6.07) is 8.46. The summed E-state index contributed by atoms with van der Waals surface area (Å²) >= 11 is 0. The van der Waals surface area contributed by atoms with Gasteiger partial charge >= 0.3 is 12.1 Å². The number of amides is 4. The van der Waals surface area contributed by atoms with Gasteiger partial charge in [0.1, 0.15) is 17.5 Å². The van der Waals surface area contributed by atoms with Crippen LogP contribution in [0.15, 0.2) is 42.5 Å². The number of likely N-dealkylation sites (tertiary alicyclic amines) is 1. The van der Waals surface area contributed by atoms with Gasteiger partial charge in [-0.05, 0) is 42.7 Å². The van der Waals surface area contributed by atoms with E-state index >= 15 is 0 Å². The molecule has 1 N–H and O–H groups in total. The lowest BCUT2D eigenvalue weighted by Gasteiger charge is -2.36. The zero-order chi connectivity index (χ0) is 22.0. The van der Waals surface area contributed by atoms with Gasteiger partial charge in [0.25, 0.3) is 0 Å². The predicted molar refractivity (Wildman–Crippen MR) is 109 cm³/mol. The Hall–Kier alpha value is -3.23. The van der Waals surface area contributed by atoms with Crippen molar-refractivity contribution in [1.29, 1.82) is 0 Å². The Morgan fingerprint density at radius 3 is 2.32 bits per heavy atom. The number of urea groups is 2. The summed E-state index contributed by atoms with van der Waals surface area (Å²) in [5.74, 6) is -1.64. The van der Waals surface area contributed by atoms with Crippen LogP contribution < -0.4 is 5.32 Å². The monoisotopic (exact) mass is 432 g/mol. The van der Waals surface area contributed by atoms with Crippen molar-refractivity contribution in [2.75, 3.05) is 31.5 Å². The molecule has 9 heteroatoms. The lowest BCUT2D eigenvalue weighted by atomic mass is 10.0. The van der Waals surface area contributed by atoms with Crippen LogP contribution in [0.4, 0.5) is 28.4 Å². The molecule has 4 rings (SSSR count). The van der Waals surface area contributed by atoms with E-state index in [4.69, 9.17) is 0 Å². The third-order valence-electron chi connectivity index (χ3n) is 5.78. The maximum Gasteiger partial charge on any atom is 0.321 e. The molecule has 2 fully saturated rings. The molecular weight excluding hydrogens is 409 g/mol. The average molecular weight is 432 g/mol. The second-order valence-corrected chi connectivity index (χ2v) is 7.80. The van der Waals surface area contributed by atoms with Crippen molar-refractivity contribution in [2.24, 2.45) is 0 Å². The number of piperidine rings is 1. The molecule has 0 radical (unpaired) electrons. The maximum absolute atomic E-state index is 13.8. The fourth-order valence-electron chi connectivity index (χ4n) is 4.07. The number of benzene rings is 2. The number of carbonyl (C=O) groups excluding carboxylic acids is 2. The molecule has 0 bridgehead atoms. The molecule has 164 valence electrons. The van der Waals surface area contributed by atoms with Crippen molar-refractivity contribution in [1.82, 2.24) is 14.7 Å². The molecule has 0 atom stereocenters. The van der Waals surface area contributed by atoms with Crippen LogP contribution in [0.3, 0.4) is 0 Å². The minimum Gasteiger partial charge on any atom is -0.324 e. The first-order chi connectivity index (χ1) is 14.9. The molecule has 4 amide bonds.